The highest BCUT2D eigenvalue weighted by Crippen LogP contribution is 2.37. The van der Waals surface area contributed by atoms with Crippen LogP contribution in [0, 0.1) is 5.92 Å². The maximum atomic E-state index is 11.2. The quantitative estimate of drug-likeness (QED) is 0.264. The van der Waals surface area contributed by atoms with Gasteiger partial charge in [-0.25, -0.2) is 0 Å². The molecule has 1 aliphatic rings. The summed E-state index contributed by atoms with van der Waals surface area (Å²) in [4.78, 5) is 19.9. The fraction of sp³-hybridized carbons (Fsp3) is 0.667. The molecule has 1 aromatic heterocycles. The summed E-state index contributed by atoms with van der Waals surface area (Å²) in [5.74, 6) is 1.06. The summed E-state index contributed by atoms with van der Waals surface area (Å²) < 4.78 is 4.67. The number of hydrogen-bond donors (Lipinski definition) is 2. The van der Waals surface area contributed by atoms with Gasteiger partial charge in [0, 0.05) is 30.6 Å². The van der Waals surface area contributed by atoms with Crippen LogP contribution in [0.1, 0.15) is 37.1 Å². The highest BCUT2D eigenvalue weighted by Gasteiger charge is 2.31. The Labute approximate surface area is 177 Å². The molecule has 0 spiro atoms. The smallest absolute Gasteiger partial charge is 0.307 e. The number of carbonyl (C=O) groups excluding carboxylic acids is 1. The summed E-state index contributed by atoms with van der Waals surface area (Å²) in [6.45, 7) is 5.28. The number of ether oxygens (including phenoxy) is 1. The van der Waals surface area contributed by atoms with Crippen LogP contribution in [0.5, 0.6) is 0 Å². The van der Waals surface area contributed by atoms with E-state index in [0.29, 0.717) is 24.9 Å². The van der Waals surface area contributed by atoms with E-state index in [1.54, 1.807) is 0 Å². The Morgan fingerprint density at radius 3 is 2.92 bits per heavy atom. The number of likely N-dealkylation sites (tertiary alicyclic amines) is 1. The SMILES string of the molecule is CCNC(=NCC1CCCN(C)C1c1cccs1)NCCC(=O)OC.I. The Bertz CT molecular complexity index is 553. The summed E-state index contributed by atoms with van der Waals surface area (Å²) in [6.07, 6.45) is 2.74. The van der Waals surface area contributed by atoms with Crippen molar-refractivity contribution in [1.29, 1.82) is 0 Å². The molecule has 0 saturated carbocycles. The minimum absolute atomic E-state index is 0. The molecule has 2 rings (SSSR count). The van der Waals surface area contributed by atoms with Crippen molar-refractivity contribution >= 4 is 47.2 Å². The normalized spacial score (nSPS) is 21.0. The average molecular weight is 494 g/mol. The van der Waals surface area contributed by atoms with Gasteiger partial charge < -0.3 is 15.4 Å². The molecular weight excluding hydrogens is 463 g/mol. The van der Waals surface area contributed by atoms with Gasteiger partial charge in [0.25, 0.3) is 0 Å². The first-order valence-electron chi connectivity index (χ1n) is 8.98. The van der Waals surface area contributed by atoms with Crippen LogP contribution in [0.25, 0.3) is 0 Å². The van der Waals surface area contributed by atoms with Crippen LogP contribution in [0.2, 0.25) is 0 Å². The van der Waals surface area contributed by atoms with E-state index in [2.05, 4.69) is 44.8 Å². The zero-order chi connectivity index (χ0) is 18.1. The van der Waals surface area contributed by atoms with Gasteiger partial charge >= 0.3 is 5.97 Å². The molecule has 2 heterocycles. The lowest BCUT2D eigenvalue weighted by Gasteiger charge is -2.38. The Morgan fingerprint density at radius 1 is 1.46 bits per heavy atom. The summed E-state index contributed by atoms with van der Waals surface area (Å²) in [6, 6.07) is 4.80. The molecule has 6 nitrogen and oxygen atoms in total. The molecule has 2 unspecified atom stereocenters. The predicted octanol–water partition coefficient (Wildman–Crippen LogP) is 2.87. The van der Waals surface area contributed by atoms with Gasteiger partial charge in [-0.2, -0.15) is 0 Å². The van der Waals surface area contributed by atoms with Gasteiger partial charge in [0.1, 0.15) is 0 Å². The minimum Gasteiger partial charge on any atom is -0.469 e. The second-order valence-electron chi connectivity index (χ2n) is 6.32. The third kappa shape index (κ3) is 7.03. The lowest BCUT2D eigenvalue weighted by Crippen LogP contribution is -2.40. The first-order valence-corrected chi connectivity index (χ1v) is 9.86. The van der Waals surface area contributed by atoms with Crippen molar-refractivity contribution in [1.82, 2.24) is 15.5 Å². The molecule has 0 amide bonds. The lowest BCUT2D eigenvalue weighted by atomic mass is 9.88. The minimum atomic E-state index is -0.213. The Hall–Kier alpha value is -0.870. The van der Waals surface area contributed by atoms with Gasteiger partial charge in [0.2, 0.25) is 0 Å². The number of piperidine rings is 1. The number of rotatable bonds is 7. The van der Waals surface area contributed by atoms with E-state index in [9.17, 15) is 4.79 Å². The molecule has 0 bridgehead atoms. The van der Waals surface area contributed by atoms with E-state index in [-0.39, 0.29) is 29.9 Å². The summed E-state index contributed by atoms with van der Waals surface area (Å²) >= 11 is 1.83. The van der Waals surface area contributed by atoms with Gasteiger partial charge in [-0.05, 0) is 50.7 Å². The van der Waals surface area contributed by atoms with Gasteiger partial charge in [0.05, 0.1) is 13.5 Å². The van der Waals surface area contributed by atoms with Crippen LogP contribution in [0.4, 0.5) is 0 Å². The standard InChI is InChI=1S/C18H30N4O2S.HI/c1-4-19-18(20-10-9-16(23)24-3)21-13-14-7-5-11-22(2)17(14)15-8-6-12-25-15;/h6,8,12,14,17H,4-5,7,9-11,13H2,1-3H3,(H2,19,20,21);1H. The Balaban J connectivity index is 0.00000338. The number of hydrogen-bond acceptors (Lipinski definition) is 5. The number of thiophene rings is 1. The number of methoxy groups -OCH3 is 1. The third-order valence-corrected chi connectivity index (χ3v) is 5.46. The van der Waals surface area contributed by atoms with Crippen molar-refractivity contribution in [2.24, 2.45) is 10.9 Å². The predicted molar refractivity (Wildman–Crippen MR) is 118 cm³/mol. The van der Waals surface area contributed by atoms with Gasteiger partial charge in [0.15, 0.2) is 5.96 Å². The van der Waals surface area contributed by atoms with Crippen molar-refractivity contribution in [3.8, 4) is 0 Å². The van der Waals surface area contributed by atoms with E-state index >= 15 is 0 Å². The molecule has 1 aliphatic heterocycles. The van der Waals surface area contributed by atoms with Gasteiger partial charge in [-0.1, -0.05) is 6.07 Å². The van der Waals surface area contributed by atoms with Crippen molar-refractivity contribution in [2.75, 3.05) is 40.3 Å². The van der Waals surface area contributed by atoms with Crippen LogP contribution in [0.3, 0.4) is 0 Å². The van der Waals surface area contributed by atoms with E-state index in [4.69, 9.17) is 4.99 Å². The lowest BCUT2D eigenvalue weighted by molar-refractivity contribution is -0.140. The number of nitrogens with zero attached hydrogens (tertiary/aromatic N) is 2. The zero-order valence-electron chi connectivity index (χ0n) is 15.9. The van der Waals surface area contributed by atoms with Crippen molar-refractivity contribution in [2.45, 2.75) is 32.2 Å². The highest BCUT2D eigenvalue weighted by molar-refractivity contribution is 14.0. The van der Waals surface area contributed by atoms with Crippen molar-refractivity contribution < 1.29 is 9.53 Å². The molecule has 0 aromatic carbocycles. The fourth-order valence-electron chi connectivity index (χ4n) is 3.30. The molecular formula is C18H31IN4O2S. The molecule has 1 aromatic rings. The van der Waals surface area contributed by atoms with Crippen molar-refractivity contribution in [3.05, 3.63) is 22.4 Å². The zero-order valence-corrected chi connectivity index (χ0v) is 19.0. The largest absolute Gasteiger partial charge is 0.469 e. The van der Waals surface area contributed by atoms with Crippen LogP contribution < -0.4 is 10.6 Å². The second-order valence-corrected chi connectivity index (χ2v) is 7.29. The van der Waals surface area contributed by atoms with Crippen molar-refractivity contribution in [3.63, 3.8) is 0 Å². The van der Waals surface area contributed by atoms with Crippen LogP contribution in [-0.2, 0) is 9.53 Å². The van der Waals surface area contributed by atoms with Gasteiger partial charge in [-0.15, -0.1) is 35.3 Å². The Kier molecular flexibility index (Phi) is 11.1. The number of guanidine groups is 1. The van der Waals surface area contributed by atoms with E-state index in [1.807, 2.05) is 18.3 Å². The molecule has 26 heavy (non-hydrogen) atoms. The average Bonchev–Trinajstić information content (AvgIpc) is 3.13. The van der Waals surface area contributed by atoms with Crippen LogP contribution in [0.15, 0.2) is 22.5 Å². The molecule has 0 aliphatic carbocycles. The first kappa shape index (κ1) is 23.2. The maximum Gasteiger partial charge on any atom is 0.307 e. The monoisotopic (exact) mass is 494 g/mol. The highest BCUT2D eigenvalue weighted by atomic mass is 127. The summed E-state index contributed by atoms with van der Waals surface area (Å²) in [5.41, 5.74) is 0. The van der Waals surface area contributed by atoms with E-state index in [0.717, 1.165) is 25.6 Å². The number of carbonyl (C=O) groups is 1. The van der Waals surface area contributed by atoms with Crippen LogP contribution in [-0.4, -0.2) is 57.2 Å². The third-order valence-electron chi connectivity index (χ3n) is 4.52. The molecule has 2 N–H and O–H groups in total. The second kappa shape index (κ2) is 12.5. The summed E-state index contributed by atoms with van der Waals surface area (Å²) in [5, 5.41) is 8.61. The molecule has 0 radical (unpaired) electrons. The van der Waals surface area contributed by atoms with E-state index < -0.39 is 0 Å². The molecule has 148 valence electrons. The maximum absolute atomic E-state index is 11.2. The molecule has 1 saturated heterocycles. The fourth-order valence-corrected chi connectivity index (χ4v) is 4.28. The van der Waals surface area contributed by atoms with E-state index in [1.165, 1.54) is 24.8 Å². The molecule has 2 atom stereocenters. The number of halogens is 1. The molecule has 8 heteroatoms. The topological polar surface area (TPSA) is 66.0 Å². The number of nitrogens with one attached hydrogen (secondary N) is 2. The number of esters is 1. The summed E-state index contributed by atoms with van der Waals surface area (Å²) in [7, 11) is 3.62. The number of aliphatic imine (C=N–C) groups is 1. The van der Waals surface area contributed by atoms with Crippen LogP contribution >= 0.6 is 35.3 Å². The Morgan fingerprint density at radius 2 is 2.27 bits per heavy atom. The first-order chi connectivity index (χ1) is 12.2. The van der Waals surface area contributed by atoms with Gasteiger partial charge in [-0.3, -0.25) is 14.7 Å². The molecule has 1 fully saturated rings.